The van der Waals surface area contributed by atoms with Gasteiger partial charge in [0, 0.05) is 6.04 Å². The number of ether oxygens (including phenoxy) is 1. The van der Waals surface area contributed by atoms with Gasteiger partial charge in [-0.15, -0.1) is 0 Å². The lowest BCUT2D eigenvalue weighted by Crippen LogP contribution is -2.61. The molecule has 1 aliphatic rings. The lowest BCUT2D eigenvalue weighted by atomic mass is 9.71. The van der Waals surface area contributed by atoms with Crippen molar-refractivity contribution in [2.45, 2.75) is 70.9 Å². The fraction of sp³-hybridized carbons (Fsp3) is 0.929. The summed E-state index contributed by atoms with van der Waals surface area (Å²) < 4.78 is 5.07. The largest absolute Gasteiger partial charge is 0.468 e. The quantitative estimate of drug-likeness (QED) is 0.752. The van der Waals surface area contributed by atoms with E-state index < -0.39 is 5.54 Å². The van der Waals surface area contributed by atoms with E-state index in [1.807, 2.05) is 0 Å². The smallest absolute Gasteiger partial charge is 0.326 e. The van der Waals surface area contributed by atoms with Gasteiger partial charge in [-0.05, 0) is 32.1 Å². The number of methoxy groups -OCH3 is 1. The molecular weight excluding hydrogens is 214 g/mol. The molecule has 3 nitrogen and oxygen atoms in total. The van der Waals surface area contributed by atoms with E-state index in [1.54, 1.807) is 0 Å². The number of carbonyl (C=O) groups is 1. The molecule has 0 heterocycles. The predicted octanol–water partition coefficient (Wildman–Crippen LogP) is 2.89. The second kappa shape index (κ2) is 6.39. The molecule has 1 aliphatic carbocycles. The van der Waals surface area contributed by atoms with Crippen molar-refractivity contribution < 1.29 is 9.53 Å². The molecule has 1 rings (SSSR count). The minimum absolute atomic E-state index is 0.0654. The summed E-state index contributed by atoms with van der Waals surface area (Å²) in [5.41, 5.74) is -0.433. The molecular formula is C14H27NO2. The first-order valence-electron chi connectivity index (χ1n) is 6.96. The van der Waals surface area contributed by atoms with Gasteiger partial charge in [-0.3, -0.25) is 10.1 Å². The maximum Gasteiger partial charge on any atom is 0.326 e. The summed E-state index contributed by atoms with van der Waals surface area (Å²) in [5, 5.41) is 3.56. The highest BCUT2D eigenvalue weighted by Gasteiger charge is 2.47. The van der Waals surface area contributed by atoms with E-state index in [9.17, 15) is 4.79 Å². The molecule has 0 amide bonds. The van der Waals surface area contributed by atoms with Gasteiger partial charge in [0.05, 0.1) is 7.11 Å². The van der Waals surface area contributed by atoms with E-state index in [0.717, 1.165) is 32.1 Å². The molecule has 3 atom stereocenters. The number of rotatable bonds is 5. The number of nitrogens with one attached hydrogen (secondary N) is 1. The van der Waals surface area contributed by atoms with Gasteiger partial charge in [0.2, 0.25) is 0 Å². The molecule has 0 saturated heterocycles. The first-order chi connectivity index (χ1) is 8.10. The third-order valence-corrected chi connectivity index (χ3v) is 4.23. The van der Waals surface area contributed by atoms with Crippen LogP contribution in [0.5, 0.6) is 0 Å². The average Bonchev–Trinajstić information content (AvgIpc) is 2.37. The molecule has 0 aromatic heterocycles. The standard InChI is InChI=1S/C14H27NO2/c1-5-11(3)15-14(13(16)17-4)10-8-7-9-12(14)6-2/h11-12,15H,5-10H2,1-4H3. The summed E-state index contributed by atoms with van der Waals surface area (Å²) in [5.74, 6) is 0.349. The van der Waals surface area contributed by atoms with Crippen LogP contribution in [0.1, 0.15) is 59.3 Å². The van der Waals surface area contributed by atoms with Crippen LogP contribution < -0.4 is 5.32 Å². The van der Waals surface area contributed by atoms with Crippen LogP contribution in [0.15, 0.2) is 0 Å². The van der Waals surface area contributed by atoms with Crippen molar-refractivity contribution in [1.82, 2.24) is 5.32 Å². The first kappa shape index (κ1) is 14.5. The highest BCUT2D eigenvalue weighted by molar-refractivity contribution is 5.81. The Morgan fingerprint density at radius 3 is 2.71 bits per heavy atom. The van der Waals surface area contributed by atoms with Crippen molar-refractivity contribution in [3.63, 3.8) is 0 Å². The third-order valence-electron chi connectivity index (χ3n) is 4.23. The molecule has 0 spiro atoms. The third kappa shape index (κ3) is 3.01. The zero-order chi connectivity index (χ0) is 12.9. The van der Waals surface area contributed by atoms with E-state index in [2.05, 4.69) is 26.1 Å². The van der Waals surface area contributed by atoms with Gasteiger partial charge >= 0.3 is 5.97 Å². The van der Waals surface area contributed by atoms with Crippen molar-refractivity contribution in [2.24, 2.45) is 5.92 Å². The molecule has 0 radical (unpaired) electrons. The number of hydrogen-bond acceptors (Lipinski definition) is 3. The molecule has 100 valence electrons. The first-order valence-corrected chi connectivity index (χ1v) is 6.96. The summed E-state index contributed by atoms with van der Waals surface area (Å²) in [6.07, 6.45) is 6.49. The van der Waals surface area contributed by atoms with Crippen molar-refractivity contribution in [2.75, 3.05) is 7.11 Å². The monoisotopic (exact) mass is 241 g/mol. The molecule has 3 unspecified atom stereocenters. The number of hydrogen-bond donors (Lipinski definition) is 1. The number of esters is 1. The van der Waals surface area contributed by atoms with E-state index >= 15 is 0 Å². The Hall–Kier alpha value is -0.570. The summed E-state index contributed by atoms with van der Waals surface area (Å²) in [6, 6.07) is 0.362. The van der Waals surface area contributed by atoms with E-state index in [-0.39, 0.29) is 5.97 Å². The Bertz CT molecular complexity index is 255. The van der Waals surface area contributed by atoms with E-state index in [1.165, 1.54) is 13.5 Å². The van der Waals surface area contributed by atoms with Crippen LogP contribution >= 0.6 is 0 Å². The molecule has 0 aliphatic heterocycles. The lowest BCUT2D eigenvalue weighted by molar-refractivity contribution is -0.153. The van der Waals surface area contributed by atoms with Crippen LogP contribution in [-0.2, 0) is 9.53 Å². The SMILES string of the molecule is CCC(C)NC1(C(=O)OC)CCCCC1CC. The van der Waals surface area contributed by atoms with Crippen molar-refractivity contribution in [3.05, 3.63) is 0 Å². The molecule has 0 bridgehead atoms. The Morgan fingerprint density at radius 1 is 1.47 bits per heavy atom. The predicted molar refractivity (Wildman–Crippen MR) is 69.9 cm³/mol. The zero-order valence-corrected chi connectivity index (χ0v) is 11.7. The summed E-state index contributed by atoms with van der Waals surface area (Å²) >= 11 is 0. The topological polar surface area (TPSA) is 38.3 Å². The van der Waals surface area contributed by atoms with Crippen LogP contribution in [-0.4, -0.2) is 24.7 Å². The molecule has 17 heavy (non-hydrogen) atoms. The maximum atomic E-state index is 12.2. The molecule has 0 aromatic rings. The van der Waals surface area contributed by atoms with Gasteiger partial charge in [-0.1, -0.05) is 33.1 Å². The summed E-state index contributed by atoms with van der Waals surface area (Å²) in [4.78, 5) is 12.2. The Labute approximate surface area is 105 Å². The van der Waals surface area contributed by atoms with Gasteiger partial charge in [0.25, 0.3) is 0 Å². The molecule has 1 fully saturated rings. The average molecular weight is 241 g/mol. The van der Waals surface area contributed by atoms with Gasteiger partial charge < -0.3 is 4.74 Å². The fourth-order valence-electron chi connectivity index (χ4n) is 3.04. The van der Waals surface area contributed by atoms with Gasteiger partial charge in [0.1, 0.15) is 5.54 Å². The Morgan fingerprint density at radius 2 is 2.18 bits per heavy atom. The highest BCUT2D eigenvalue weighted by Crippen LogP contribution is 2.37. The summed E-state index contributed by atoms with van der Waals surface area (Å²) in [6.45, 7) is 6.46. The molecule has 0 aromatic carbocycles. The van der Waals surface area contributed by atoms with Crippen molar-refractivity contribution in [3.8, 4) is 0 Å². The fourth-order valence-corrected chi connectivity index (χ4v) is 3.04. The maximum absolute atomic E-state index is 12.2. The highest BCUT2D eigenvalue weighted by atomic mass is 16.5. The second-order valence-electron chi connectivity index (χ2n) is 5.27. The summed E-state index contributed by atoms with van der Waals surface area (Å²) in [7, 11) is 1.50. The van der Waals surface area contributed by atoms with Gasteiger partial charge in [-0.25, -0.2) is 0 Å². The minimum Gasteiger partial charge on any atom is -0.468 e. The molecule has 3 heteroatoms. The van der Waals surface area contributed by atoms with Crippen LogP contribution in [0.25, 0.3) is 0 Å². The van der Waals surface area contributed by atoms with Crippen LogP contribution in [0.3, 0.4) is 0 Å². The van der Waals surface area contributed by atoms with Gasteiger partial charge in [-0.2, -0.15) is 0 Å². The van der Waals surface area contributed by atoms with Gasteiger partial charge in [0.15, 0.2) is 0 Å². The number of carbonyl (C=O) groups excluding carboxylic acids is 1. The lowest BCUT2D eigenvalue weighted by Gasteiger charge is -2.43. The van der Waals surface area contributed by atoms with Crippen molar-refractivity contribution >= 4 is 5.97 Å². The van der Waals surface area contributed by atoms with Crippen LogP contribution in [0.2, 0.25) is 0 Å². The Kier molecular flexibility index (Phi) is 5.44. The van der Waals surface area contributed by atoms with E-state index in [4.69, 9.17) is 4.74 Å². The van der Waals surface area contributed by atoms with Crippen molar-refractivity contribution in [1.29, 1.82) is 0 Å². The Balaban J connectivity index is 2.93. The van der Waals surface area contributed by atoms with Crippen LogP contribution in [0, 0.1) is 5.92 Å². The minimum atomic E-state index is -0.433. The van der Waals surface area contributed by atoms with E-state index in [0.29, 0.717) is 12.0 Å². The normalized spacial score (nSPS) is 30.9. The second-order valence-corrected chi connectivity index (χ2v) is 5.27. The van der Waals surface area contributed by atoms with Crippen LogP contribution in [0.4, 0.5) is 0 Å². The zero-order valence-electron chi connectivity index (χ0n) is 11.7. The molecule has 1 N–H and O–H groups in total. The molecule has 1 saturated carbocycles.